The minimum Gasteiger partial charge on any atom is -0.508 e. The summed E-state index contributed by atoms with van der Waals surface area (Å²) in [5.41, 5.74) is 2.79. The molecule has 1 atom stereocenters. The monoisotopic (exact) mass is 453 g/mol. The van der Waals surface area contributed by atoms with Gasteiger partial charge in [-0.25, -0.2) is 0 Å². The van der Waals surface area contributed by atoms with Gasteiger partial charge < -0.3 is 20.2 Å². The molecule has 7 nitrogen and oxygen atoms in total. The standard InChI is InChI=1S/C26H35N3O4/c1-2-10-28(21-8-6-19-7-9-22(30)18-20(19)17-21)14-11-27-12-15-29(16-13-27)26(33)23-4-3-5-24(31)25(23)32/h3-5,7,9,18,21,30-32H,2,6,8,10-17H2,1H3. The van der Waals surface area contributed by atoms with Gasteiger partial charge in [0.2, 0.25) is 0 Å². The highest BCUT2D eigenvalue weighted by Crippen LogP contribution is 2.30. The van der Waals surface area contributed by atoms with Crippen LogP contribution in [0.5, 0.6) is 17.2 Å². The van der Waals surface area contributed by atoms with Gasteiger partial charge in [-0.3, -0.25) is 14.6 Å². The molecule has 2 aromatic carbocycles. The minimum absolute atomic E-state index is 0.154. The second kappa shape index (κ2) is 10.4. The van der Waals surface area contributed by atoms with Gasteiger partial charge in [0.15, 0.2) is 11.5 Å². The average molecular weight is 454 g/mol. The van der Waals surface area contributed by atoms with Crippen LogP contribution in [0.25, 0.3) is 0 Å². The molecule has 178 valence electrons. The van der Waals surface area contributed by atoms with Crippen LogP contribution in [-0.4, -0.2) is 87.8 Å². The highest BCUT2D eigenvalue weighted by atomic mass is 16.3. The second-order valence-electron chi connectivity index (χ2n) is 9.19. The third-order valence-corrected chi connectivity index (χ3v) is 7.03. The van der Waals surface area contributed by atoms with Gasteiger partial charge in [0.25, 0.3) is 5.91 Å². The van der Waals surface area contributed by atoms with Crippen molar-refractivity contribution in [2.24, 2.45) is 0 Å². The number of aromatic hydroxyl groups is 3. The van der Waals surface area contributed by atoms with Gasteiger partial charge in [-0.2, -0.15) is 0 Å². The van der Waals surface area contributed by atoms with Crippen molar-refractivity contribution < 1.29 is 20.1 Å². The first kappa shape index (κ1) is 23.4. The molecule has 0 radical (unpaired) electrons. The van der Waals surface area contributed by atoms with E-state index in [1.165, 1.54) is 17.2 Å². The molecule has 1 unspecified atom stereocenters. The molecule has 0 aromatic heterocycles. The predicted octanol–water partition coefficient (Wildman–Crippen LogP) is 2.83. The van der Waals surface area contributed by atoms with Crippen molar-refractivity contribution in [2.75, 3.05) is 45.8 Å². The zero-order chi connectivity index (χ0) is 23.4. The number of fused-ring (bicyclic) bond motifs is 1. The first-order valence-electron chi connectivity index (χ1n) is 12.0. The van der Waals surface area contributed by atoms with Crippen LogP contribution in [0.15, 0.2) is 36.4 Å². The smallest absolute Gasteiger partial charge is 0.257 e. The lowest BCUT2D eigenvalue weighted by Crippen LogP contribution is -2.51. The van der Waals surface area contributed by atoms with E-state index in [0.717, 1.165) is 58.4 Å². The zero-order valence-corrected chi connectivity index (χ0v) is 19.4. The van der Waals surface area contributed by atoms with Crippen LogP contribution >= 0.6 is 0 Å². The summed E-state index contributed by atoms with van der Waals surface area (Å²) in [4.78, 5) is 19.5. The van der Waals surface area contributed by atoms with Gasteiger partial charge in [-0.05, 0) is 67.6 Å². The lowest BCUT2D eigenvalue weighted by Gasteiger charge is -2.39. The van der Waals surface area contributed by atoms with Gasteiger partial charge in [0.1, 0.15) is 5.75 Å². The Hall–Kier alpha value is -2.77. The highest BCUT2D eigenvalue weighted by molar-refractivity contribution is 5.97. The molecule has 1 fully saturated rings. The fraction of sp³-hybridized carbons (Fsp3) is 0.500. The fourth-order valence-electron chi connectivity index (χ4n) is 5.12. The number of carbonyl (C=O) groups excluding carboxylic acids is 1. The van der Waals surface area contributed by atoms with Gasteiger partial charge in [0, 0.05) is 45.3 Å². The lowest BCUT2D eigenvalue weighted by atomic mass is 9.87. The van der Waals surface area contributed by atoms with Crippen molar-refractivity contribution in [3.05, 3.63) is 53.1 Å². The van der Waals surface area contributed by atoms with Gasteiger partial charge in [-0.15, -0.1) is 0 Å². The van der Waals surface area contributed by atoms with Crippen molar-refractivity contribution in [1.82, 2.24) is 14.7 Å². The Morgan fingerprint density at radius 1 is 1.03 bits per heavy atom. The summed E-state index contributed by atoms with van der Waals surface area (Å²) in [6, 6.07) is 10.8. The normalized spacial score (nSPS) is 19.0. The van der Waals surface area contributed by atoms with Crippen LogP contribution in [0.3, 0.4) is 0 Å². The Kier molecular flexibility index (Phi) is 7.40. The Morgan fingerprint density at radius 3 is 2.58 bits per heavy atom. The van der Waals surface area contributed by atoms with Crippen molar-refractivity contribution in [1.29, 1.82) is 0 Å². The second-order valence-corrected chi connectivity index (χ2v) is 9.19. The van der Waals surface area contributed by atoms with Crippen LogP contribution in [0, 0.1) is 0 Å². The summed E-state index contributed by atoms with van der Waals surface area (Å²) >= 11 is 0. The largest absolute Gasteiger partial charge is 0.508 e. The van der Waals surface area contributed by atoms with Crippen LogP contribution in [0.1, 0.15) is 41.3 Å². The van der Waals surface area contributed by atoms with E-state index in [2.05, 4.69) is 22.8 Å². The van der Waals surface area contributed by atoms with Gasteiger partial charge in [0.05, 0.1) is 5.56 Å². The maximum absolute atomic E-state index is 12.8. The number of hydrogen-bond acceptors (Lipinski definition) is 6. The molecule has 4 rings (SSSR count). The summed E-state index contributed by atoms with van der Waals surface area (Å²) in [6.07, 6.45) is 4.30. The van der Waals surface area contributed by atoms with Crippen molar-refractivity contribution >= 4 is 5.91 Å². The van der Waals surface area contributed by atoms with Crippen LogP contribution in [-0.2, 0) is 12.8 Å². The molecule has 1 aliphatic heterocycles. The Balaban J connectivity index is 1.30. The van der Waals surface area contributed by atoms with Crippen molar-refractivity contribution in [2.45, 2.75) is 38.6 Å². The number of nitrogens with zero attached hydrogens (tertiary/aromatic N) is 3. The van der Waals surface area contributed by atoms with E-state index in [-0.39, 0.29) is 23.0 Å². The Morgan fingerprint density at radius 2 is 1.82 bits per heavy atom. The number of phenolic OH excluding ortho intramolecular Hbond substituents is 3. The maximum atomic E-state index is 12.8. The first-order valence-corrected chi connectivity index (χ1v) is 12.0. The highest BCUT2D eigenvalue weighted by Gasteiger charge is 2.27. The quantitative estimate of drug-likeness (QED) is 0.559. The molecule has 1 saturated heterocycles. The Labute approximate surface area is 195 Å². The van der Waals surface area contributed by atoms with Crippen LogP contribution in [0.2, 0.25) is 0 Å². The molecule has 33 heavy (non-hydrogen) atoms. The van der Waals surface area contributed by atoms with E-state index in [9.17, 15) is 20.1 Å². The topological polar surface area (TPSA) is 87.5 Å². The molecule has 0 bridgehead atoms. The zero-order valence-electron chi connectivity index (χ0n) is 19.4. The molecule has 7 heteroatoms. The third-order valence-electron chi connectivity index (χ3n) is 7.03. The van der Waals surface area contributed by atoms with E-state index in [1.54, 1.807) is 23.1 Å². The van der Waals surface area contributed by atoms with Crippen LogP contribution < -0.4 is 0 Å². The van der Waals surface area contributed by atoms with Gasteiger partial charge >= 0.3 is 0 Å². The lowest BCUT2D eigenvalue weighted by molar-refractivity contribution is 0.0606. The summed E-state index contributed by atoms with van der Waals surface area (Å²) in [5.74, 6) is -0.499. The molecule has 3 N–H and O–H groups in total. The number of piperazine rings is 1. The van der Waals surface area contributed by atoms with Gasteiger partial charge in [-0.1, -0.05) is 19.1 Å². The number of aryl methyl sites for hydroxylation is 1. The minimum atomic E-state index is -0.345. The van der Waals surface area contributed by atoms with E-state index in [4.69, 9.17) is 0 Å². The summed E-state index contributed by atoms with van der Waals surface area (Å²) in [6.45, 7) is 8.05. The first-order chi connectivity index (χ1) is 16.0. The van der Waals surface area contributed by atoms with E-state index >= 15 is 0 Å². The summed E-state index contributed by atoms with van der Waals surface area (Å²) < 4.78 is 0. The Bertz CT molecular complexity index is 972. The van der Waals surface area contributed by atoms with Crippen molar-refractivity contribution in [3.63, 3.8) is 0 Å². The number of amides is 1. The molecule has 0 saturated carbocycles. The van der Waals surface area contributed by atoms with E-state index < -0.39 is 0 Å². The number of benzene rings is 2. The number of phenols is 3. The summed E-state index contributed by atoms with van der Waals surface area (Å²) in [7, 11) is 0. The average Bonchev–Trinajstić information content (AvgIpc) is 2.83. The molecule has 1 heterocycles. The number of carbonyl (C=O) groups is 1. The number of rotatable bonds is 7. The molecule has 0 spiro atoms. The molecule has 2 aliphatic rings. The maximum Gasteiger partial charge on any atom is 0.257 e. The third kappa shape index (κ3) is 5.42. The molecule has 1 amide bonds. The number of para-hydroxylation sites is 1. The molecule has 1 aliphatic carbocycles. The molecular weight excluding hydrogens is 418 g/mol. The number of hydrogen-bond donors (Lipinski definition) is 3. The van der Waals surface area contributed by atoms with E-state index in [1.807, 2.05) is 6.07 Å². The summed E-state index contributed by atoms with van der Waals surface area (Å²) in [5, 5.41) is 29.6. The molecular formula is C26H35N3O4. The fourth-order valence-corrected chi connectivity index (χ4v) is 5.12. The molecule has 2 aromatic rings. The SMILES string of the molecule is CCCN(CCN1CCN(C(=O)c2cccc(O)c2O)CC1)C1CCc2ccc(O)cc2C1. The van der Waals surface area contributed by atoms with Crippen molar-refractivity contribution in [3.8, 4) is 17.2 Å². The van der Waals surface area contributed by atoms with E-state index in [0.29, 0.717) is 24.9 Å². The predicted molar refractivity (Wildman–Crippen MR) is 128 cm³/mol. The van der Waals surface area contributed by atoms with Crippen LogP contribution in [0.4, 0.5) is 0 Å².